The maximum Gasteiger partial charge on any atom is 0.302 e. The van der Waals surface area contributed by atoms with Crippen LogP contribution in [-0.2, 0) is 9.53 Å². The third kappa shape index (κ3) is 3.88. The molecule has 3 aliphatic rings. The number of allylic oxidation sites excluding steroid dienone is 3. The molecular weight excluding hydrogens is 308 g/mol. The van der Waals surface area contributed by atoms with Gasteiger partial charge in [0.25, 0.3) is 0 Å². The van der Waals surface area contributed by atoms with E-state index in [1.165, 1.54) is 51.9 Å². The molecule has 0 aromatic heterocycles. The molecule has 0 N–H and O–H groups in total. The lowest BCUT2D eigenvalue weighted by molar-refractivity contribution is -0.148. The lowest BCUT2D eigenvalue weighted by atomic mass is 9.54. The van der Waals surface area contributed by atoms with E-state index >= 15 is 0 Å². The van der Waals surface area contributed by atoms with Gasteiger partial charge in [-0.15, -0.1) is 0 Å². The van der Waals surface area contributed by atoms with Crippen molar-refractivity contribution in [3.8, 4) is 0 Å². The van der Waals surface area contributed by atoms with Crippen LogP contribution >= 0.6 is 0 Å². The van der Waals surface area contributed by atoms with E-state index in [0.717, 1.165) is 30.6 Å². The standard InChI is InChI=1S/C23H36O2/c1-5-18-7-6-8-22-21(16(2)9-10-18)12-11-19-15-20(25-17(3)24)13-14-23(19,22)4/h5,11,16,20-22H,6-10,12-15H2,1-4H3/b18-5+/t16?,20-,21?,22?,23-/m0/s1. The van der Waals surface area contributed by atoms with E-state index in [2.05, 4.69) is 32.9 Å². The summed E-state index contributed by atoms with van der Waals surface area (Å²) in [7, 11) is 0. The third-order valence-corrected chi connectivity index (χ3v) is 7.54. The first-order chi connectivity index (χ1) is 11.9. The molecule has 0 aliphatic heterocycles. The van der Waals surface area contributed by atoms with Gasteiger partial charge in [0.2, 0.25) is 0 Å². The van der Waals surface area contributed by atoms with Crippen molar-refractivity contribution in [2.75, 3.05) is 0 Å². The zero-order chi connectivity index (χ0) is 18.0. The average Bonchev–Trinajstić information content (AvgIpc) is 2.65. The van der Waals surface area contributed by atoms with E-state index in [4.69, 9.17) is 4.74 Å². The number of carbonyl (C=O) groups is 1. The first kappa shape index (κ1) is 18.7. The summed E-state index contributed by atoms with van der Waals surface area (Å²) in [5.74, 6) is 2.31. The molecule has 2 saturated carbocycles. The molecule has 3 rings (SSSR count). The van der Waals surface area contributed by atoms with Crippen LogP contribution in [0.2, 0.25) is 0 Å². The molecule has 0 aromatic rings. The molecule has 25 heavy (non-hydrogen) atoms. The SMILES string of the molecule is C/C=C1\CCCC2C(CC=C3C[C@@H](OC(C)=O)CC[C@@]32C)C(C)CC1. The zero-order valence-corrected chi connectivity index (χ0v) is 16.6. The molecular formula is C23H36O2. The first-order valence-electron chi connectivity index (χ1n) is 10.4. The van der Waals surface area contributed by atoms with Gasteiger partial charge >= 0.3 is 5.97 Å². The quantitative estimate of drug-likeness (QED) is 0.417. The zero-order valence-electron chi connectivity index (χ0n) is 16.6. The van der Waals surface area contributed by atoms with E-state index in [9.17, 15) is 4.79 Å². The van der Waals surface area contributed by atoms with E-state index in [1.54, 1.807) is 11.1 Å². The van der Waals surface area contributed by atoms with Crippen molar-refractivity contribution in [1.82, 2.24) is 0 Å². The van der Waals surface area contributed by atoms with Gasteiger partial charge in [0, 0.05) is 13.3 Å². The van der Waals surface area contributed by atoms with Gasteiger partial charge in [-0.2, -0.15) is 0 Å². The molecule has 0 saturated heterocycles. The summed E-state index contributed by atoms with van der Waals surface area (Å²) in [5.41, 5.74) is 3.58. The summed E-state index contributed by atoms with van der Waals surface area (Å²) in [6, 6.07) is 0. The van der Waals surface area contributed by atoms with Crippen LogP contribution in [0.1, 0.15) is 85.5 Å². The molecule has 0 aromatic carbocycles. The molecule has 0 spiro atoms. The number of hydrogen-bond acceptors (Lipinski definition) is 2. The van der Waals surface area contributed by atoms with Crippen LogP contribution in [-0.4, -0.2) is 12.1 Å². The van der Waals surface area contributed by atoms with Gasteiger partial charge in [-0.3, -0.25) is 4.79 Å². The lowest BCUT2D eigenvalue weighted by Gasteiger charge is -2.52. The summed E-state index contributed by atoms with van der Waals surface area (Å²) in [6.07, 6.45) is 16.0. The molecule has 2 nitrogen and oxygen atoms in total. The van der Waals surface area contributed by atoms with Crippen molar-refractivity contribution in [3.05, 3.63) is 23.3 Å². The van der Waals surface area contributed by atoms with E-state index in [1.807, 2.05) is 0 Å². The minimum atomic E-state index is -0.127. The molecule has 5 atom stereocenters. The first-order valence-corrected chi connectivity index (χ1v) is 10.4. The maximum absolute atomic E-state index is 11.4. The Kier molecular flexibility index (Phi) is 5.75. The average molecular weight is 345 g/mol. The molecule has 3 aliphatic carbocycles. The Morgan fingerprint density at radius 2 is 2.08 bits per heavy atom. The molecule has 2 fully saturated rings. The fourth-order valence-electron chi connectivity index (χ4n) is 5.94. The number of esters is 1. The van der Waals surface area contributed by atoms with Gasteiger partial charge in [-0.1, -0.05) is 37.1 Å². The van der Waals surface area contributed by atoms with Gasteiger partial charge in [0.05, 0.1) is 0 Å². The molecule has 3 unspecified atom stereocenters. The minimum Gasteiger partial charge on any atom is -0.462 e. The van der Waals surface area contributed by atoms with Crippen molar-refractivity contribution < 1.29 is 9.53 Å². The Balaban J connectivity index is 1.81. The normalized spacial score (nSPS) is 40.8. The van der Waals surface area contributed by atoms with Crippen LogP contribution in [0.15, 0.2) is 23.3 Å². The van der Waals surface area contributed by atoms with Gasteiger partial charge in [0.1, 0.15) is 6.10 Å². The monoisotopic (exact) mass is 344 g/mol. The highest BCUT2D eigenvalue weighted by molar-refractivity contribution is 5.66. The highest BCUT2D eigenvalue weighted by atomic mass is 16.5. The van der Waals surface area contributed by atoms with Crippen molar-refractivity contribution in [2.45, 2.75) is 91.6 Å². The van der Waals surface area contributed by atoms with Crippen molar-refractivity contribution >= 4 is 5.97 Å². The fraction of sp³-hybridized carbons (Fsp3) is 0.783. The van der Waals surface area contributed by atoms with Gasteiger partial charge in [-0.25, -0.2) is 0 Å². The highest BCUT2D eigenvalue weighted by Gasteiger charge is 2.48. The Morgan fingerprint density at radius 3 is 2.80 bits per heavy atom. The summed E-state index contributed by atoms with van der Waals surface area (Å²) in [6.45, 7) is 8.75. The third-order valence-electron chi connectivity index (χ3n) is 7.54. The fourth-order valence-corrected chi connectivity index (χ4v) is 5.94. The number of ether oxygens (including phenoxy) is 1. The van der Waals surface area contributed by atoms with Gasteiger partial charge in [0.15, 0.2) is 0 Å². The Morgan fingerprint density at radius 1 is 1.28 bits per heavy atom. The maximum atomic E-state index is 11.4. The largest absolute Gasteiger partial charge is 0.462 e. The molecule has 140 valence electrons. The van der Waals surface area contributed by atoms with Gasteiger partial charge < -0.3 is 4.74 Å². The minimum absolute atomic E-state index is 0.108. The summed E-state index contributed by atoms with van der Waals surface area (Å²) in [4.78, 5) is 11.4. The predicted molar refractivity (Wildman–Crippen MR) is 103 cm³/mol. The van der Waals surface area contributed by atoms with Crippen LogP contribution in [0.5, 0.6) is 0 Å². The van der Waals surface area contributed by atoms with E-state index in [-0.39, 0.29) is 12.1 Å². The smallest absolute Gasteiger partial charge is 0.302 e. The molecule has 0 bridgehead atoms. The molecule has 2 heteroatoms. The topological polar surface area (TPSA) is 26.3 Å². The van der Waals surface area contributed by atoms with Crippen molar-refractivity contribution in [2.24, 2.45) is 23.2 Å². The van der Waals surface area contributed by atoms with E-state index in [0.29, 0.717) is 5.41 Å². The second-order valence-corrected chi connectivity index (χ2v) is 8.98. The van der Waals surface area contributed by atoms with Crippen LogP contribution < -0.4 is 0 Å². The summed E-state index contributed by atoms with van der Waals surface area (Å²) in [5, 5.41) is 0. The number of rotatable bonds is 1. The van der Waals surface area contributed by atoms with Crippen LogP contribution in [0.4, 0.5) is 0 Å². The Labute approximate surface area is 154 Å². The van der Waals surface area contributed by atoms with Crippen LogP contribution in [0.3, 0.4) is 0 Å². The van der Waals surface area contributed by atoms with Crippen LogP contribution in [0.25, 0.3) is 0 Å². The lowest BCUT2D eigenvalue weighted by Crippen LogP contribution is -2.44. The number of carbonyl (C=O) groups excluding carboxylic acids is 1. The second-order valence-electron chi connectivity index (χ2n) is 8.98. The predicted octanol–water partition coefficient (Wildman–Crippen LogP) is 6.22. The van der Waals surface area contributed by atoms with Crippen molar-refractivity contribution in [3.63, 3.8) is 0 Å². The molecule has 0 radical (unpaired) electrons. The summed E-state index contributed by atoms with van der Waals surface area (Å²) >= 11 is 0. The summed E-state index contributed by atoms with van der Waals surface area (Å²) < 4.78 is 5.55. The molecule has 0 amide bonds. The van der Waals surface area contributed by atoms with Crippen molar-refractivity contribution in [1.29, 1.82) is 0 Å². The van der Waals surface area contributed by atoms with Gasteiger partial charge in [-0.05, 0) is 81.5 Å². The number of hydrogen-bond donors (Lipinski definition) is 0. The second kappa shape index (κ2) is 7.68. The van der Waals surface area contributed by atoms with Crippen LogP contribution in [0, 0.1) is 23.2 Å². The van der Waals surface area contributed by atoms with E-state index < -0.39 is 0 Å². The highest BCUT2D eigenvalue weighted by Crippen LogP contribution is 2.56. The Hall–Kier alpha value is -1.05. The molecule has 0 heterocycles. The Bertz CT molecular complexity index is 558. The number of fused-ring (bicyclic) bond motifs is 3.